The van der Waals surface area contributed by atoms with Gasteiger partial charge in [0.15, 0.2) is 17.2 Å². The number of benzene rings is 1. The van der Waals surface area contributed by atoms with Gasteiger partial charge < -0.3 is 20.3 Å². The first kappa shape index (κ1) is 12.2. The van der Waals surface area contributed by atoms with E-state index in [0.29, 0.717) is 22.9 Å². The number of nitrogen functional groups attached to an aromatic ring is 1. The molecule has 2 rings (SSSR count). The summed E-state index contributed by atoms with van der Waals surface area (Å²) in [6.45, 7) is -0.0476. The molecular formula is C13H14N2O3. The zero-order valence-corrected chi connectivity index (χ0v) is 9.96. The normalized spacial score (nSPS) is 10.1. The van der Waals surface area contributed by atoms with Crippen molar-refractivity contribution in [3.05, 3.63) is 42.2 Å². The largest absolute Gasteiger partial charge is 0.493 e. The van der Waals surface area contributed by atoms with Gasteiger partial charge in [0.25, 0.3) is 0 Å². The lowest BCUT2D eigenvalue weighted by Crippen LogP contribution is -1.96. The number of aromatic nitrogens is 1. The van der Waals surface area contributed by atoms with E-state index >= 15 is 0 Å². The molecule has 5 heteroatoms. The van der Waals surface area contributed by atoms with Crippen molar-refractivity contribution < 1.29 is 14.6 Å². The monoisotopic (exact) mass is 246 g/mol. The topological polar surface area (TPSA) is 77.6 Å². The highest BCUT2D eigenvalue weighted by Gasteiger charge is 2.08. The summed E-state index contributed by atoms with van der Waals surface area (Å²) < 4.78 is 10.9. The molecule has 0 spiro atoms. The van der Waals surface area contributed by atoms with Crippen molar-refractivity contribution in [1.29, 1.82) is 0 Å². The van der Waals surface area contributed by atoms with Crippen LogP contribution in [0.4, 0.5) is 5.69 Å². The summed E-state index contributed by atoms with van der Waals surface area (Å²) in [5, 5.41) is 9.06. The number of ether oxygens (including phenoxy) is 2. The van der Waals surface area contributed by atoms with E-state index in [4.69, 9.17) is 20.3 Å². The maximum atomic E-state index is 9.06. The second-order valence-corrected chi connectivity index (χ2v) is 3.66. The smallest absolute Gasteiger partial charge is 0.169 e. The molecule has 0 atom stereocenters. The fraction of sp³-hybridized carbons (Fsp3) is 0.154. The van der Waals surface area contributed by atoms with E-state index in [1.807, 2.05) is 0 Å². The van der Waals surface area contributed by atoms with E-state index in [1.54, 1.807) is 37.6 Å². The molecule has 0 saturated heterocycles. The Labute approximate surface area is 105 Å². The lowest BCUT2D eigenvalue weighted by molar-refractivity contribution is 0.280. The van der Waals surface area contributed by atoms with Gasteiger partial charge in [0.05, 0.1) is 25.6 Å². The van der Waals surface area contributed by atoms with Crippen LogP contribution in [0.5, 0.6) is 17.2 Å². The third-order valence-corrected chi connectivity index (χ3v) is 2.44. The molecule has 0 radical (unpaired) electrons. The summed E-state index contributed by atoms with van der Waals surface area (Å²) >= 11 is 0. The first-order valence-corrected chi connectivity index (χ1v) is 5.39. The van der Waals surface area contributed by atoms with Crippen LogP contribution in [-0.2, 0) is 6.61 Å². The molecule has 1 aromatic carbocycles. The summed E-state index contributed by atoms with van der Waals surface area (Å²) in [6, 6.07) is 6.88. The van der Waals surface area contributed by atoms with Crippen LogP contribution in [0, 0.1) is 0 Å². The second-order valence-electron chi connectivity index (χ2n) is 3.66. The Morgan fingerprint density at radius 1 is 1.22 bits per heavy atom. The minimum Gasteiger partial charge on any atom is -0.493 e. The third kappa shape index (κ3) is 2.52. The average Bonchev–Trinajstić information content (AvgIpc) is 2.41. The van der Waals surface area contributed by atoms with Gasteiger partial charge in [0, 0.05) is 12.3 Å². The quantitative estimate of drug-likeness (QED) is 0.862. The molecule has 0 aliphatic carbocycles. The van der Waals surface area contributed by atoms with Crippen LogP contribution in [-0.4, -0.2) is 17.2 Å². The summed E-state index contributed by atoms with van der Waals surface area (Å²) in [6.07, 6.45) is 3.12. The van der Waals surface area contributed by atoms with Crippen molar-refractivity contribution in [2.75, 3.05) is 12.8 Å². The van der Waals surface area contributed by atoms with Crippen LogP contribution in [0.25, 0.3) is 0 Å². The molecule has 0 amide bonds. The Hall–Kier alpha value is -2.27. The molecule has 0 unspecified atom stereocenters. The van der Waals surface area contributed by atoms with E-state index < -0.39 is 0 Å². The van der Waals surface area contributed by atoms with Crippen LogP contribution in [0.1, 0.15) is 5.56 Å². The van der Waals surface area contributed by atoms with Gasteiger partial charge in [-0.2, -0.15) is 0 Å². The third-order valence-electron chi connectivity index (χ3n) is 2.44. The minimum atomic E-state index is -0.0476. The number of nitrogens with two attached hydrogens (primary N) is 1. The molecule has 18 heavy (non-hydrogen) atoms. The first-order valence-electron chi connectivity index (χ1n) is 5.39. The summed E-state index contributed by atoms with van der Waals surface area (Å²) in [5.41, 5.74) is 6.95. The predicted molar refractivity (Wildman–Crippen MR) is 67.6 cm³/mol. The molecule has 0 aliphatic heterocycles. The van der Waals surface area contributed by atoms with Gasteiger partial charge in [0.2, 0.25) is 0 Å². The number of aliphatic hydroxyl groups excluding tert-OH is 1. The fourth-order valence-electron chi connectivity index (χ4n) is 1.50. The van der Waals surface area contributed by atoms with Gasteiger partial charge in [-0.25, -0.2) is 0 Å². The average molecular weight is 246 g/mol. The molecule has 0 aliphatic rings. The molecule has 1 heterocycles. The number of aliphatic hydroxyl groups is 1. The van der Waals surface area contributed by atoms with E-state index in [0.717, 1.165) is 5.56 Å². The molecule has 5 nitrogen and oxygen atoms in total. The highest BCUT2D eigenvalue weighted by atomic mass is 16.5. The van der Waals surface area contributed by atoms with Gasteiger partial charge in [-0.05, 0) is 17.7 Å². The summed E-state index contributed by atoms with van der Waals surface area (Å²) in [5.74, 6) is 1.59. The van der Waals surface area contributed by atoms with Gasteiger partial charge in [0.1, 0.15) is 0 Å². The minimum absolute atomic E-state index is 0.0476. The zero-order valence-electron chi connectivity index (χ0n) is 9.96. The van der Waals surface area contributed by atoms with Crippen molar-refractivity contribution >= 4 is 5.69 Å². The molecular weight excluding hydrogens is 232 g/mol. The fourth-order valence-corrected chi connectivity index (χ4v) is 1.50. The number of pyridine rings is 1. The Balaban J connectivity index is 2.32. The first-order chi connectivity index (χ1) is 8.74. The summed E-state index contributed by atoms with van der Waals surface area (Å²) in [7, 11) is 1.54. The molecule has 94 valence electrons. The van der Waals surface area contributed by atoms with Crippen molar-refractivity contribution in [3.8, 4) is 17.2 Å². The second kappa shape index (κ2) is 5.37. The van der Waals surface area contributed by atoms with Crippen LogP contribution < -0.4 is 15.2 Å². The molecule has 3 N–H and O–H groups in total. The SMILES string of the molecule is COc1cc(CO)ccc1Oc1ccncc1N. The van der Waals surface area contributed by atoms with Gasteiger partial charge in [-0.3, -0.25) is 4.98 Å². The lowest BCUT2D eigenvalue weighted by atomic mass is 10.2. The molecule has 0 fully saturated rings. The van der Waals surface area contributed by atoms with Crippen LogP contribution in [0.2, 0.25) is 0 Å². The molecule has 2 aromatic rings. The van der Waals surface area contributed by atoms with E-state index in [-0.39, 0.29) is 6.61 Å². The lowest BCUT2D eigenvalue weighted by Gasteiger charge is -2.12. The maximum Gasteiger partial charge on any atom is 0.169 e. The van der Waals surface area contributed by atoms with Crippen molar-refractivity contribution in [2.45, 2.75) is 6.61 Å². The molecule has 0 saturated carbocycles. The van der Waals surface area contributed by atoms with E-state index in [1.165, 1.54) is 6.20 Å². The standard InChI is InChI=1S/C13H14N2O3/c1-17-13-6-9(8-16)2-3-12(13)18-11-4-5-15-7-10(11)14/h2-7,16H,8,14H2,1H3. The summed E-state index contributed by atoms with van der Waals surface area (Å²) in [4.78, 5) is 3.89. The highest BCUT2D eigenvalue weighted by Crippen LogP contribution is 2.34. The van der Waals surface area contributed by atoms with Gasteiger partial charge >= 0.3 is 0 Å². The number of methoxy groups -OCH3 is 1. The van der Waals surface area contributed by atoms with Gasteiger partial charge in [-0.15, -0.1) is 0 Å². The Bertz CT molecular complexity index is 544. The number of hydrogen-bond acceptors (Lipinski definition) is 5. The number of rotatable bonds is 4. The van der Waals surface area contributed by atoms with E-state index in [2.05, 4.69) is 4.98 Å². The van der Waals surface area contributed by atoms with Crippen molar-refractivity contribution in [2.24, 2.45) is 0 Å². The van der Waals surface area contributed by atoms with Crippen LogP contribution >= 0.6 is 0 Å². The molecule has 0 bridgehead atoms. The zero-order chi connectivity index (χ0) is 13.0. The number of anilines is 1. The van der Waals surface area contributed by atoms with Gasteiger partial charge in [-0.1, -0.05) is 6.07 Å². The van der Waals surface area contributed by atoms with Crippen molar-refractivity contribution in [3.63, 3.8) is 0 Å². The van der Waals surface area contributed by atoms with Crippen molar-refractivity contribution in [1.82, 2.24) is 4.98 Å². The number of nitrogens with zero attached hydrogens (tertiary/aromatic N) is 1. The maximum absolute atomic E-state index is 9.06. The molecule has 1 aromatic heterocycles. The highest BCUT2D eigenvalue weighted by molar-refractivity contribution is 5.53. The predicted octanol–water partition coefficient (Wildman–Crippen LogP) is 1.96. The van der Waals surface area contributed by atoms with Crippen LogP contribution in [0.15, 0.2) is 36.7 Å². The van der Waals surface area contributed by atoms with Crippen LogP contribution in [0.3, 0.4) is 0 Å². The number of hydrogen-bond donors (Lipinski definition) is 2. The van der Waals surface area contributed by atoms with E-state index in [9.17, 15) is 0 Å². The Morgan fingerprint density at radius 2 is 2.06 bits per heavy atom. The Kier molecular flexibility index (Phi) is 3.64. The Morgan fingerprint density at radius 3 is 2.72 bits per heavy atom.